The number of anilines is 1. The Bertz CT molecular complexity index is 852. The van der Waals surface area contributed by atoms with E-state index in [0.29, 0.717) is 35.3 Å². The minimum absolute atomic E-state index is 0.302. The van der Waals surface area contributed by atoms with Crippen LogP contribution in [0.1, 0.15) is 81.8 Å². The number of alkyl halides is 1. The van der Waals surface area contributed by atoms with Crippen LogP contribution in [0.3, 0.4) is 0 Å². The summed E-state index contributed by atoms with van der Waals surface area (Å²) < 4.78 is 16.0. The fourth-order valence-corrected chi connectivity index (χ4v) is 3.92. The van der Waals surface area contributed by atoms with Crippen LogP contribution >= 0.6 is 15.9 Å². The molecule has 0 aliphatic rings. The van der Waals surface area contributed by atoms with E-state index in [2.05, 4.69) is 43.6 Å². The summed E-state index contributed by atoms with van der Waals surface area (Å²) >= 11 is 3.38. The van der Waals surface area contributed by atoms with Crippen LogP contribution in [0.5, 0.6) is 17.2 Å². The number of tetrazole rings is 1. The molecular weight excluding hydrogens is 502 g/mol. The molecule has 1 unspecified atom stereocenters. The fourth-order valence-electron chi connectivity index (χ4n) is 3.63. The number of benzene rings is 1. The number of hydrogen-bond donors (Lipinski definition) is 1. The second-order valence-electron chi connectivity index (χ2n) is 8.18. The van der Waals surface area contributed by atoms with Gasteiger partial charge in [-0.15, -0.1) is 10.2 Å². The van der Waals surface area contributed by atoms with Crippen molar-refractivity contribution in [2.24, 2.45) is 0 Å². The molecular formula is C24H38BrN5O4. The zero-order valence-corrected chi connectivity index (χ0v) is 22.4. The molecule has 0 saturated carbocycles. The number of nitrogens with zero attached hydrogens (tertiary/aromatic N) is 4. The van der Waals surface area contributed by atoms with Gasteiger partial charge < -0.3 is 19.5 Å². The monoisotopic (exact) mass is 539 g/mol. The highest BCUT2D eigenvalue weighted by Gasteiger charge is 2.25. The SMILES string of the molecule is CCCCCCCCCCCCn1nnc(C(Br)C(=O)Nc2c(OC)cc(OC)cc2OC)n1. The van der Waals surface area contributed by atoms with Gasteiger partial charge in [0, 0.05) is 12.1 Å². The van der Waals surface area contributed by atoms with E-state index >= 15 is 0 Å². The number of aryl methyl sites for hydroxylation is 1. The van der Waals surface area contributed by atoms with Crippen molar-refractivity contribution in [2.45, 2.75) is 82.5 Å². The lowest BCUT2D eigenvalue weighted by atomic mass is 10.1. The van der Waals surface area contributed by atoms with Crippen molar-refractivity contribution in [3.05, 3.63) is 18.0 Å². The molecule has 0 fully saturated rings. The minimum atomic E-state index is -0.773. The average Bonchev–Trinajstić information content (AvgIpc) is 3.33. The molecule has 1 aromatic carbocycles. The highest BCUT2D eigenvalue weighted by atomic mass is 79.9. The summed E-state index contributed by atoms with van der Waals surface area (Å²) in [5, 5.41) is 15.3. The molecule has 0 bridgehead atoms. The summed E-state index contributed by atoms with van der Waals surface area (Å²) in [5.41, 5.74) is 0.401. The van der Waals surface area contributed by atoms with E-state index in [-0.39, 0.29) is 5.91 Å². The van der Waals surface area contributed by atoms with Crippen molar-refractivity contribution < 1.29 is 19.0 Å². The van der Waals surface area contributed by atoms with Gasteiger partial charge in [-0.25, -0.2) is 0 Å². The predicted octanol–water partition coefficient (Wildman–Crippen LogP) is 5.69. The largest absolute Gasteiger partial charge is 0.496 e. The number of amides is 1. The number of unbranched alkanes of at least 4 members (excludes halogenated alkanes) is 9. The van der Waals surface area contributed by atoms with Gasteiger partial charge in [-0.2, -0.15) is 4.80 Å². The number of halogens is 1. The Balaban J connectivity index is 1.81. The van der Waals surface area contributed by atoms with Crippen LogP contribution < -0.4 is 19.5 Å². The van der Waals surface area contributed by atoms with Crippen LogP contribution in [0.4, 0.5) is 5.69 Å². The molecule has 1 aromatic heterocycles. The molecule has 1 amide bonds. The number of nitrogens with one attached hydrogen (secondary N) is 1. The van der Waals surface area contributed by atoms with Crippen LogP contribution in [0.2, 0.25) is 0 Å². The van der Waals surface area contributed by atoms with Crippen LogP contribution in [0.25, 0.3) is 0 Å². The van der Waals surface area contributed by atoms with Crippen LogP contribution in [0.15, 0.2) is 12.1 Å². The molecule has 0 saturated heterocycles. The topological polar surface area (TPSA) is 100 Å². The maximum Gasteiger partial charge on any atom is 0.246 e. The van der Waals surface area contributed by atoms with E-state index in [4.69, 9.17) is 14.2 Å². The molecule has 1 atom stereocenters. The van der Waals surface area contributed by atoms with Gasteiger partial charge in [0.25, 0.3) is 0 Å². The summed E-state index contributed by atoms with van der Waals surface area (Å²) in [6.45, 7) is 2.93. The number of methoxy groups -OCH3 is 3. The van der Waals surface area contributed by atoms with Gasteiger partial charge in [0.2, 0.25) is 5.91 Å². The number of carbonyl (C=O) groups is 1. The Labute approximate surface area is 211 Å². The maximum absolute atomic E-state index is 12.8. The molecule has 190 valence electrons. The van der Waals surface area contributed by atoms with Crippen molar-refractivity contribution in [1.82, 2.24) is 20.2 Å². The molecule has 9 nitrogen and oxygen atoms in total. The van der Waals surface area contributed by atoms with Crippen LogP contribution in [-0.2, 0) is 11.3 Å². The summed E-state index contributed by atoms with van der Waals surface area (Å²) in [4.78, 5) is 13.6. The quantitative estimate of drug-likeness (QED) is 0.203. The molecule has 0 spiro atoms. The first kappa shape index (κ1) is 27.9. The second-order valence-corrected chi connectivity index (χ2v) is 9.10. The normalized spacial score (nSPS) is 11.8. The second kappa shape index (κ2) is 15.5. The third-order valence-corrected chi connectivity index (χ3v) is 6.43. The van der Waals surface area contributed by atoms with Crippen molar-refractivity contribution in [3.8, 4) is 17.2 Å². The van der Waals surface area contributed by atoms with Gasteiger partial charge in [-0.1, -0.05) is 80.6 Å². The lowest BCUT2D eigenvalue weighted by Gasteiger charge is -2.16. The summed E-state index contributed by atoms with van der Waals surface area (Å²) in [6, 6.07) is 3.34. The average molecular weight is 541 g/mol. The van der Waals surface area contributed by atoms with E-state index in [1.54, 1.807) is 24.0 Å². The van der Waals surface area contributed by atoms with E-state index in [1.807, 2.05) is 0 Å². The zero-order chi connectivity index (χ0) is 24.8. The van der Waals surface area contributed by atoms with E-state index < -0.39 is 4.83 Å². The number of rotatable bonds is 17. The first-order valence-corrected chi connectivity index (χ1v) is 13.0. The van der Waals surface area contributed by atoms with Gasteiger partial charge in [-0.05, 0) is 11.6 Å². The number of hydrogen-bond acceptors (Lipinski definition) is 7. The maximum atomic E-state index is 12.8. The molecule has 2 rings (SSSR count). The summed E-state index contributed by atoms with van der Waals surface area (Å²) in [7, 11) is 4.57. The summed E-state index contributed by atoms with van der Waals surface area (Å²) in [6.07, 6.45) is 12.7. The van der Waals surface area contributed by atoms with Crippen molar-refractivity contribution >= 4 is 27.5 Å². The van der Waals surface area contributed by atoms with E-state index in [0.717, 1.165) is 12.8 Å². The first-order valence-electron chi connectivity index (χ1n) is 12.1. The standard InChI is InChI=1S/C24H38BrN5O4/c1-5-6-7-8-9-10-11-12-13-14-15-30-28-23(27-29-30)21(25)24(31)26-22-19(33-3)16-18(32-2)17-20(22)34-4/h16-17,21H,5-15H2,1-4H3,(H,26,31). The Morgan fingerprint density at radius 1 is 0.941 bits per heavy atom. The van der Waals surface area contributed by atoms with E-state index in [1.165, 1.54) is 65.6 Å². The molecule has 2 aromatic rings. The zero-order valence-electron chi connectivity index (χ0n) is 20.8. The smallest absolute Gasteiger partial charge is 0.246 e. The molecule has 10 heteroatoms. The molecule has 0 radical (unpaired) electrons. The Kier molecular flexibility index (Phi) is 12.7. The highest BCUT2D eigenvalue weighted by molar-refractivity contribution is 9.09. The first-order chi connectivity index (χ1) is 16.5. The van der Waals surface area contributed by atoms with Gasteiger partial charge in [0.15, 0.2) is 10.7 Å². The fraction of sp³-hybridized carbons (Fsp3) is 0.667. The molecule has 1 heterocycles. The lowest BCUT2D eigenvalue weighted by molar-refractivity contribution is -0.115. The van der Waals surface area contributed by atoms with Gasteiger partial charge in [-0.3, -0.25) is 4.79 Å². The lowest BCUT2D eigenvalue weighted by Crippen LogP contribution is -2.19. The highest BCUT2D eigenvalue weighted by Crippen LogP contribution is 2.39. The number of ether oxygens (including phenoxy) is 3. The number of aromatic nitrogens is 4. The van der Waals surface area contributed by atoms with Crippen molar-refractivity contribution in [1.29, 1.82) is 0 Å². The van der Waals surface area contributed by atoms with Crippen LogP contribution in [0, 0.1) is 0 Å². The molecule has 1 N–H and O–H groups in total. The third kappa shape index (κ3) is 8.77. The molecule has 0 aliphatic heterocycles. The van der Waals surface area contributed by atoms with Crippen LogP contribution in [-0.4, -0.2) is 47.4 Å². The predicted molar refractivity (Wildman–Crippen MR) is 136 cm³/mol. The van der Waals surface area contributed by atoms with E-state index in [9.17, 15) is 4.79 Å². The van der Waals surface area contributed by atoms with Crippen molar-refractivity contribution in [2.75, 3.05) is 26.6 Å². The molecule has 0 aliphatic carbocycles. The Morgan fingerprint density at radius 3 is 2.03 bits per heavy atom. The van der Waals surface area contributed by atoms with Crippen molar-refractivity contribution in [3.63, 3.8) is 0 Å². The van der Waals surface area contributed by atoms with Gasteiger partial charge >= 0.3 is 0 Å². The minimum Gasteiger partial charge on any atom is -0.496 e. The Hall–Kier alpha value is -2.36. The Morgan fingerprint density at radius 2 is 1.50 bits per heavy atom. The van der Waals surface area contributed by atoms with Gasteiger partial charge in [0.1, 0.15) is 22.9 Å². The summed E-state index contributed by atoms with van der Waals surface area (Å²) in [5.74, 6) is 1.33. The van der Waals surface area contributed by atoms with Gasteiger partial charge in [0.05, 0.1) is 27.9 Å². The molecule has 34 heavy (non-hydrogen) atoms. The third-order valence-electron chi connectivity index (χ3n) is 5.60. The number of carbonyl (C=O) groups excluding carboxylic acids is 1.